The molecule has 1 fully saturated rings. The van der Waals surface area contributed by atoms with Crippen LogP contribution < -0.4 is 5.32 Å². The van der Waals surface area contributed by atoms with E-state index in [1.54, 1.807) is 6.07 Å². The smallest absolute Gasteiger partial charge is 0.178 e. The molecule has 0 spiro atoms. The van der Waals surface area contributed by atoms with Crippen LogP contribution in [-0.4, -0.2) is 11.7 Å². The zero-order valence-corrected chi connectivity index (χ0v) is 9.85. The Kier molecular flexibility index (Phi) is 3.26. The minimum atomic E-state index is -0.588. The minimum Gasteiger partial charge on any atom is -0.505 e. The van der Waals surface area contributed by atoms with Gasteiger partial charge in [-0.15, -0.1) is 0 Å². The fourth-order valence-electron chi connectivity index (χ4n) is 1.93. The van der Waals surface area contributed by atoms with Crippen molar-refractivity contribution >= 4 is 15.9 Å². The Hall–Kier alpha value is -0.610. The van der Waals surface area contributed by atoms with Gasteiger partial charge < -0.3 is 10.4 Å². The number of hydrogen-bond acceptors (Lipinski definition) is 2. The quantitative estimate of drug-likeness (QED) is 0.824. The van der Waals surface area contributed by atoms with Crippen molar-refractivity contribution in [3.8, 4) is 5.75 Å². The summed E-state index contributed by atoms with van der Waals surface area (Å²) in [6.07, 6.45) is 3.40. The van der Waals surface area contributed by atoms with Gasteiger partial charge in [0.15, 0.2) is 11.6 Å². The van der Waals surface area contributed by atoms with E-state index in [2.05, 4.69) is 21.2 Å². The van der Waals surface area contributed by atoms with Crippen molar-refractivity contribution < 1.29 is 9.50 Å². The number of phenols is 1. The molecule has 15 heavy (non-hydrogen) atoms. The van der Waals surface area contributed by atoms with Crippen LogP contribution in [-0.2, 0) is 0 Å². The first-order valence-corrected chi connectivity index (χ1v) is 5.89. The Labute approximate surface area is 96.6 Å². The average molecular weight is 274 g/mol. The molecule has 82 valence electrons. The normalized spacial score (nSPS) is 21.6. The zero-order valence-electron chi connectivity index (χ0n) is 8.26. The van der Waals surface area contributed by atoms with Crippen molar-refractivity contribution in [1.82, 2.24) is 5.32 Å². The third-order valence-corrected chi connectivity index (χ3v) is 3.32. The summed E-state index contributed by atoms with van der Waals surface area (Å²) in [5.74, 6) is -0.874. The molecule has 2 rings (SSSR count). The lowest BCUT2D eigenvalue weighted by Crippen LogP contribution is -2.26. The predicted molar refractivity (Wildman–Crippen MR) is 60.4 cm³/mol. The maximum atomic E-state index is 13.2. The highest BCUT2D eigenvalue weighted by atomic mass is 79.9. The largest absolute Gasteiger partial charge is 0.505 e. The van der Waals surface area contributed by atoms with Crippen LogP contribution in [0.15, 0.2) is 16.6 Å². The molecular weight excluding hydrogens is 261 g/mol. The molecule has 1 atom stereocenters. The molecule has 1 aromatic carbocycles. The summed E-state index contributed by atoms with van der Waals surface area (Å²) in [6, 6.07) is 3.47. The monoisotopic (exact) mass is 273 g/mol. The van der Waals surface area contributed by atoms with Gasteiger partial charge in [-0.3, -0.25) is 0 Å². The van der Waals surface area contributed by atoms with Crippen molar-refractivity contribution in [1.29, 1.82) is 0 Å². The molecule has 2 nitrogen and oxygen atoms in total. The standard InChI is InChI=1S/C11H13BrFNO/c12-8-5-7(6-10(15)11(8)13)9-3-1-2-4-14-9/h5-6,9,14-15H,1-4H2. The maximum Gasteiger partial charge on any atom is 0.178 e. The second-order valence-electron chi connectivity index (χ2n) is 3.84. The van der Waals surface area contributed by atoms with E-state index in [9.17, 15) is 9.50 Å². The van der Waals surface area contributed by atoms with Gasteiger partial charge in [-0.25, -0.2) is 4.39 Å². The molecule has 1 heterocycles. The Morgan fingerprint density at radius 1 is 1.40 bits per heavy atom. The molecule has 1 aliphatic heterocycles. The Morgan fingerprint density at radius 2 is 2.20 bits per heavy atom. The van der Waals surface area contributed by atoms with E-state index in [1.165, 1.54) is 18.9 Å². The third kappa shape index (κ3) is 2.32. The van der Waals surface area contributed by atoms with Gasteiger partial charge in [0.05, 0.1) is 4.47 Å². The average Bonchev–Trinajstić information content (AvgIpc) is 2.26. The molecule has 0 saturated carbocycles. The molecule has 1 aromatic rings. The second-order valence-corrected chi connectivity index (χ2v) is 4.69. The molecule has 0 bridgehead atoms. The summed E-state index contributed by atoms with van der Waals surface area (Å²) in [5.41, 5.74) is 0.945. The first kappa shape index (κ1) is 10.9. The molecular formula is C11H13BrFNO. The van der Waals surface area contributed by atoms with E-state index < -0.39 is 5.82 Å². The van der Waals surface area contributed by atoms with Crippen molar-refractivity contribution in [2.75, 3.05) is 6.54 Å². The van der Waals surface area contributed by atoms with Gasteiger partial charge in [-0.05, 0) is 53.0 Å². The highest BCUT2D eigenvalue weighted by molar-refractivity contribution is 9.10. The van der Waals surface area contributed by atoms with Gasteiger partial charge in [0.1, 0.15) is 0 Å². The number of halogens is 2. The van der Waals surface area contributed by atoms with Gasteiger partial charge in [0, 0.05) is 6.04 Å². The van der Waals surface area contributed by atoms with Gasteiger partial charge in [-0.2, -0.15) is 0 Å². The summed E-state index contributed by atoms with van der Waals surface area (Å²) in [5, 5.41) is 12.7. The van der Waals surface area contributed by atoms with E-state index in [1.807, 2.05) is 0 Å². The van der Waals surface area contributed by atoms with Crippen LogP contribution in [0, 0.1) is 5.82 Å². The van der Waals surface area contributed by atoms with Crippen molar-refractivity contribution in [2.45, 2.75) is 25.3 Å². The summed E-state index contributed by atoms with van der Waals surface area (Å²) >= 11 is 3.10. The van der Waals surface area contributed by atoms with E-state index in [0.717, 1.165) is 18.5 Å². The molecule has 0 radical (unpaired) electrons. The molecule has 1 unspecified atom stereocenters. The Bertz CT molecular complexity index is 341. The number of piperidine rings is 1. The molecule has 2 N–H and O–H groups in total. The number of aromatic hydroxyl groups is 1. The van der Waals surface area contributed by atoms with Crippen LogP contribution >= 0.6 is 15.9 Å². The molecule has 0 aliphatic carbocycles. The number of hydrogen-bond donors (Lipinski definition) is 2. The van der Waals surface area contributed by atoms with Crippen LogP contribution in [0.4, 0.5) is 4.39 Å². The molecule has 0 aromatic heterocycles. The van der Waals surface area contributed by atoms with E-state index in [-0.39, 0.29) is 11.8 Å². The van der Waals surface area contributed by atoms with Crippen molar-refractivity contribution in [3.05, 3.63) is 28.0 Å². The summed E-state index contributed by atoms with van der Waals surface area (Å²) in [7, 11) is 0. The van der Waals surface area contributed by atoms with E-state index in [0.29, 0.717) is 4.47 Å². The molecule has 4 heteroatoms. The first-order chi connectivity index (χ1) is 7.18. The lowest BCUT2D eigenvalue weighted by Gasteiger charge is -2.24. The third-order valence-electron chi connectivity index (χ3n) is 2.74. The number of nitrogens with one attached hydrogen (secondary N) is 1. The highest BCUT2D eigenvalue weighted by Gasteiger charge is 2.17. The Morgan fingerprint density at radius 3 is 2.80 bits per heavy atom. The van der Waals surface area contributed by atoms with Crippen LogP contribution in [0.3, 0.4) is 0 Å². The lowest BCUT2D eigenvalue weighted by molar-refractivity contribution is 0.402. The van der Waals surface area contributed by atoms with Crippen molar-refractivity contribution in [2.24, 2.45) is 0 Å². The molecule has 0 amide bonds. The predicted octanol–water partition coefficient (Wildman–Crippen LogP) is 3.11. The van der Waals surface area contributed by atoms with E-state index >= 15 is 0 Å². The maximum absolute atomic E-state index is 13.2. The molecule has 1 saturated heterocycles. The summed E-state index contributed by atoms with van der Waals surface area (Å²) in [4.78, 5) is 0. The topological polar surface area (TPSA) is 32.3 Å². The number of benzene rings is 1. The Balaban J connectivity index is 2.27. The van der Waals surface area contributed by atoms with Gasteiger partial charge in [-0.1, -0.05) is 6.42 Å². The van der Waals surface area contributed by atoms with Gasteiger partial charge >= 0.3 is 0 Å². The number of rotatable bonds is 1. The fraction of sp³-hybridized carbons (Fsp3) is 0.455. The summed E-state index contributed by atoms with van der Waals surface area (Å²) in [6.45, 7) is 0.987. The zero-order chi connectivity index (χ0) is 10.8. The second kappa shape index (κ2) is 4.49. The van der Waals surface area contributed by atoms with Crippen LogP contribution in [0.25, 0.3) is 0 Å². The SMILES string of the molecule is Oc1cc(C2CCCCN2)cc(Br)c1F. The minimum absolute atomic E-state index is 0.238. The first-order valence-electron chi connectivity index (χ1n) is 5.10. The highest BCUT2D eigenvalue weighted by Crippen LogP contribution is 2.31. The molecule has 1 aliphatic rings. The van der Waals surface area contributed by atoms with Crippen LogP contribution in [0.5, 0.6) is 5.75 Å². The van der Waals surface area contributed by atoms with E-state index in [4.69, 9.17) is 0 Å². The van der Waals surface area contributed by atoms with Crippen LogP contribution in [0.2, 0.25) is 0 Å². The van der Waals surface area contributed by atoms with Crippen LogP contribution in [0.1, 0.15) is 30.9 Å². The lowest BCUT2D eigenvalue weighted by atomic mass is 9.97. The van der Waals surface area contributed by atoms with Crippen molar-refractivity contribution in [3.63, 3.8) is 0 Å². The summed E-state index contributed by atoms with van der Waals surface area (Å²) < 4.78 is 13.5. The van der Waals surface area contributed by atoms with Gasteiger partial charge in [0.2, 0.25) is 0 Å². The van der Waals surface area contributed by atoms with Gasteiger partial charge in [0.25, 0.3) is 0 Å². The number of phenolic OH excluding ortho intramolecular Hbond substituents is 1. The fourth-order valence-corrected chi connectivity index (χ4v) is 2.40.